The van der Waals surface area contributed by atoms with E-state index in [-0.39, 0.29) is 0 Å². The maximum absolute atomic E-state index is 9.25. The molecular formula is C9H11CrN2O2-. The van der Waals surface area contributed by atoms with Gasteiger partial charge in [-0.15, -0.1) is 0 Å². The van der Waals surface area contributed by atoms with Crippen LogP contribution >= 0.6 is 0 Å². The number of carbonyl (C=O) groups excluding carboxylic acids is 1. The molecule has 0 saturated carbocycles. The van der Waals surface area contributed by atoms with Crippen LogP contribution in [0.5, 0.6) is 5.75 Å². The molecule has 0 heterocycles. The van der Waals surface area contributed by atoms with Crippen LogP contribution in [0.25, 0.3) is 0 Å². The van der Waals surface area contributed by atoms with Crippen LogP contribution in [0.3, 0.4) is 0 Å². The summed E-state index contributed by atoms with van der Waals surface area (Å²) in [5, 5.41) is 9.25. The molecule has 0 aliphatic heterocycles. The van der Waals surface area contributed by atoms with Gasteiger partial charge >= 0.3 is 72.8 Å². The van der Waals surface area contributed by atoms with Crippen molar-refractivity contribution in [3.05, 3.63) is 29.8 Å². The zero-order valence-electron chi connectivity index (χ0n) is 7.73. The second-order valence-corrected chi connectivity index (χ2v) is 2.54. The van der Waals surface area contributed by atoms with E-state index in [1.165, 1.54) is 13.2 Å². The molecule has 0 aliphatic rings. The zero-order valence-corrected chi connectivity index (χ0v) is 9.00. The van der Waals surface area contributed by atoms with Gasteiger partial charge in [0.1, 0.15) is 0 Å². The van der Waals surface area contributed by atoms with Crippen molar-refractivity contribution in [2.24, 2.45) is 4.04 Å². The van der Waals surface area contributed by atoms with E-state index in [0.29, 0.717) is 12.3 Å². The topological polar surface area (TPSA) is 61.7 Å². The fourth-order valence-electron chi connectivity index (χ4n) is 0.778. The number of rotatable bonds is 3. The van der Waals surface area contributed by atoms with Gasteiger partial charge in [0, 0.05) is 0 Å². The Kier molecular flexibility index (Phi) is 7.95. The van der Waals surface area contributed by atoms with Gasteiger partial charge in [-0.05, 0) is 0 Å². The molecule has 1 aromatic carbocycles. The summed E-state index contributed by atoms with van der Waals surface area (Å²) in [6, 6.07) is 7.15. The fraction of sp³-hybridized carbons (Fsp3) is 0.222. The van der Waals surface area contributed by atoms with Crippen molar-refractivity contribution in [1.29, 1.82) is 0 Å². The van der Waals surface area contributed by atoms with Crippen molar-refractivity contribution in [2.45, 2.75) is 13.5 Å². The van der Waals surface area contributed by atoms with E-state index in [0.717, 1.165) is 5.56 Å². The molecule has 4 nitrogen and oxygen atoms in total. The fourth-order valence-corrected chi connectivity index (χ4v) is 0.879. The quantitative estimate of drug-likeness (QED) is 0.607. The number of aromatic hydroxyl groups is 1. The Bertz CT molecular complexity index is 292. The van der Waals surface area contributed by atoms with Gasteiger partial charge in [0.15, 0.2) is 0 Å². The molecule has 76 valence electrons. The minimum atomic E-state index is 0.295. The Hall–Kier alpha value is -1.02. The number of hydrogen-bond acceptors (Lipinski definition) is 4. The number of para-hydroxylation sites is 1. The average Bonchev–Trinajstić information content (AvgIpc) is 2.18. The molecule has 0 bridgehead atoms. The molecule has 0 amide bonds. The third kappa shape index (κ3) is 5.60. The predicted molar refractivity (Wildman–Crippen MR) is 48.7 cm³/mol. The summed E-state index contributed by atoms with van der Waals surface area (Å²) in [6.45, 7) is 1.86. The standard InChI is InChI=1S/C7H8N2O.C2H3O.Cr/c8-9-5-6-3-1-2-4-7(6)10;1-2-3;/h1-4,9-10H,5H2;1H3;/q;-1;. The second-order valence-electron chi connectivity index (χ2n) is 2.26. The molecule has 2 N–H and O–H groups in total. The summed E-state index contributed by atoms with van der Waals surface area (Å²) in [4.78, 5) is 8.68. The van der Waals surface area contributed by atoms with E-state index in [1.54, 1.807) is 12.1 Å². The van der Waals surface area contributed by atoms with Gasteiger partial charge in [-0.2, -0.15) is 6.92 Å². The summed E-state index contributed by atoms with van der Waals surface area (Å²) in [6.07, 6.45) is 1.50. The van der Waals surface area contributed by atoms with E-state index >= 15 is 0 Å². The van der Waals surface area contributed by atoms with Gasteiger partial charge in [-0.1, -0.05) is 0 Å². The monoisotopic (exact) mass is 231 g/mol. The van der Waals surface area contributed by atoms with Crippen LogP contribution in [0.1, 0.15) is 12.5 Å². The SMILES string of the molecule is C[C-]=O.Oc1ccccc1CN[N]=[Cr]. The number of phenols is 1. The number of nitrogens with one attached hydrogen (secondary N) is 1. The van der Waals surface area contributed by atoms with Crippen molar-refractivity contribution in [1.82, 2.24) is 5.43 Å². The normalized spacial score (nSPS) is 8.36. The zero-order chi connectivity index (χ0) is 10.8. The van der Waals surface area contributed by atoms with E-state index in [1.807, 2.05) is 12.1 Å². The first-order valence-electron chi connectivity index (χ1n) is 3.87. The van der Waals surface area contributed by atoms with Crippen molar-refractivity contribution in [3.63, 3.8) is 0 Å². The van der Waals surface area contributed by atoms with Gasteiger partial charge in [-0.3, -0.25) is 6.29 Å². The Balaban J connectivity index is 0.000000500. The molecule has 0 spiro atoms. The predicted octanol–water partition coefficient (Wildman–Crippen LogP) is 1.24. The molecule has 0 saturated heterocycles. The van der Waals surface area contributed by atoms with E-state index < -0.39 is 0 Å². The van der Waals surface area contributed by atoms with Crippen LogP contribution in [-0.4, -0.2) is 11.4 Å². The Morgan fingerprint density at radius 2 is 2.14 bits per heavy atom. The molecule has 0 atom stereocenters. The van der Waals surface area contributed by atoms with Crippen molar-refractivity contribution in [3.8, 4) is 5.75 Å². The molecule has 0 aromatic heterocycles. The molecule has 1 aromatic rings. The Labute approximate surface area is 91.2 Å². The first-order valence-corrected chi connectivity index (χ1v) is 4.44. The molecular weight excluding hydrogens is 220 g/mol. The van der Waals surface area contributed by atoms with Gasteiger partial charge in [-0.25, -0.2) is 0 Å². The molecule has 5 heteroatoms. The van der Waals surface area contributed by atoms with Crippen LogP contribution in [-0.2, 0) is 27.4 Å². The summed E-state index contributed by atoms with van der Waals surface area (Å²) in [7, 11) is 0. The van der Waals surface area contributed by atoms with Crippen molar-refractivity contribution in [2.75, 3.05) is 0 Å². The third-order valence-electron chi connectivity index (χ3n) is 1.33. The Morgan fingerprint density at radius 3 is 2.64 bits per heavy atom. The Morgan fingerprint density at radius 1 is 1.57 bits per heavy atom. The number of phenolic OH excluding ortho intramolecular Hbond substituents is 1. The van der Waals surface area contributed by atoms with Crippen LogP contribution in [0.2, 0.25) is 0 Å². The third-order valence-corrected chi connectivity index (χ3v) is 1.53. The van der Waals surface area contributed by atoms with Gasteiger partial charge in [0.25, 0.3) is 0 Å². The second kappa shape index (κ2) is 8.57. The van der Waals surface area contributed by atoms with Gasteiger partial charge in [0.2, 0.25) is 0 Å². The summed E-state index contributed by atoms with van der Waals surface area (Å²) >= 11 is 2.46. The van der Waals surface area contributed by atoms with Crippen molar-refractivity contribution >= 4 is 6.29 Å². The molecule has 14 heavy (non-hydrogen) atoms. The van der Waals surface area contributed by atoms with Crippen LogP contribution in [0.4, 0.5) is 0 Å². The van der Waals surface area contributed by atoms with E-state index in [9.17, 15) is 5.11 Å². The average molecular weight is 231 g/mol. The van der Waals surface area contributed by atoms with Crippen LogP contribution in [0.15, 0.2) is 28.3 Å². The molecule has 0 radical (unpaired) electrons. The molecule has 0 unspecified atom stereocenters. The van der Waals surface area contributed by atoms with Gasteiger partial charge in [0.05, 0.1) is 0 Å². The van der Waals surface area contributed by atoms with Crippen molar-refractivity contribution < 1.29 is 26.0 Å². The van der Waals surface area contributed by atoms with E-state index in [2.05, 4.69) is 25.6 Å². The number of benzene rings is 1. The first-order chi connectivity index (χ1) is 6.76. The first kappa shape index (κ1) is 13.0. The van der Waals surface area contributed by atoms with Crippen LogP contribution < -0.4 is 5.43 Å². The molecule has 0 aliphatic carbocycles. The molecule has 1 rings (SSSR count). The minimum absolute atomic E-state index is 0.295. The summed E-state index contributed by atoms with van der Waals surface area (Å²) in [5.74, 6) is 0.295. The van der Waals surface area contributed by atoms with Crippen LogP contribution in [0, 0.1) is 0 Å². The summed E-state index contributed by atoms with van der Waals surface area (Å²) < 4.78 is 3.59. The molecule has 0 fully saturated rings. The number of hydrogen-bond donors (Lipinski definition) is 2. The summed E-state index contributed by atoms with van der Waals surface area (Å²) in [5.41, 5.74) is 3.55. The van der Waals surface area contributed by atoms with Gasteiger partial charge < -0.3 is 4.79 Å². The maximum atomic E-state index is 9.25. The number of nitrogens with zero attached hydrogens (tertiary/aromatic N) is 1. The van der Waals surface area contributed by atoms with E-state index in [4.69, 9.17) is 4.79 Å².